The zero-order chi connectivity index (χ0) is 14.1. The fourth-order valence-electron chi connectivity index (χ4n) is 2.43. The summed E-state index contributed by atoms with van der Waals surface area (Å²) in [5.74, 6) is 2.02. The maximum Gasteiger partial charge on any atom is 0.231 e. The van der Waals surface area contributed by atoms with Crippen LogP contribution in [0.3, 0.4) is 0 Å². The Morgan fingerprint density at radius 2 is 2.25 bits per heavy atom. The first-order valence-electron chi connectivity index (χ1n) is 6.62. The maximum atomic E-state index is 12.2. The summed E-state index contributed by atoms with van der Waals surface area (Å²) in [4.78, 5) is 18.2. The highest BCUT2D eigenvalue weighted by Gasteiger charge is 2.31. The van der Waals surface area contributed by atoms with Crippen LogP contribution in [0.25, 0.3) is 0 Å². The van der Waals surface area contributed by atoms with E-state index in [0.29, 0.717) is 30.6 Å². The van der Waals surface area contributed by atoms with Crippen LogP contribution < -0.4 is 0 Å². The van der Waals surface area contributed by atoms with Gasteiger partial charge in [0.1, 0.15) is 5.76 Å². The molecule has 0 spiro atoms. The van der Waals surface area contributed by atoms with Crippen molar-refractivity contribution in [3.05, 3.63) is 29.2 Å². The van der Waals surface area contributed by atoms with Gasteiger partial charge in [0.05, 0.1) is 18.0 Å². The highest BCUT2D eigenvalue weighted by molar-refractivity contribution is 5.78. The molecule has 1 fully saturated rings. The summed E-state index contributed by atoms with van der Waals surface area (Å²) in [6, 6.07) is 1.78. The molecule has 106 valence electrons. The Labute approximate surface area is 115 Å². The van der Waals surface area contributed by atoms with Crippen molar-refractivity contribution in [2.24, 2.45) is 0 Å². The largest absolute Gasteiger partial charge is 0.361 e. The van der Waals surface area contributed by atoms with Crippen molar-refractivity contribution in [2.75, 3.05) is 13.1 Å². The van der Waals surface area contributed by atoms with Gasteiger partial charge >= 0.3 is 0 Å². The Kier molecular flexibility index (Phi) is 3.25. The van der Waals surface area contributed by atoms with E-state index in [2.05, 4.69) is 15.3 Å². The van der Waals surface area contributed by atoms with Gasteiger partial charge in [0.25, 0.3) is 0 Å². The Hall–Kier alpha value is -2.18. The Morgan fingerprint density at radius 3 is 2.90 bits per heavy atom. The second-order valence-corrected chi connectivity index (χ2v) is 5.12. The fourth-order valence-corrected chi connectivity index (χ4v) is 2.43. The van der Waals surface area contributed by atoms with E-state index in [-0.39, 0.29) is 18.2 Å². The van der Waals surface area contributed by atoms with Gasteiger partial charge < -0.3 is 13.9 Å². The standard InChI is InChI=1S/C13H16N4O3/c1-8-5-11(19-15-8)6-12(18)17-4-3-10(7-17)13-14-9(2)16-20-13/h5,10H,3-4,6-7H2,1-2H3/t10-/m0/s1. The van der Waals surface area contributed by atoms with Crippen molar-refractivity contribution >= 4 is 5.91 Å². The molecule has 2 aromatic heterocycles. The van der Waals surface area contributed by atoms with Gasteiger partial charge in [-0.15, -0.1) is 0 Å². The smallest absolute Gasteiger partial charge is 0.231 e. The van der Waals surface area contributed by atoms with Crippen molar-refractivity contribution in [3.8, 4) is 0 Å². The van der Waals surface area contributed by atoms with Gasteiger partial charge in [-0.05, 0) is 20.3 Å². The molecular weight excluding hydrogens is 260 g/mol. The molecule has 1 atom stereocenters. The predicted molar refractivity (Wildman–Crippen MR) is 67.9 cm³/mol. The number of likely N-dealkylation sites (tertiary alicyclic amines) is 1. The zero-order valence-corrected chi connectivity index (χ0v) is 11.5. The minimum Gasteiger partial charge on any atom is -0.361 e. The summed E-state index contributed by atoms with van der Waals surface area (Å²) in [5, 5.41) is 7.57. The number of nitrogens with zero attached hydrogens (tertiary/aromatic N) is 4. The second-order valence-electron chi connectivity index (χ2n) is 5.12. The van der Waals surface area contributed by atoms with Gasteiger partial charge in [0, 0.05) is 19.2 Å². The van der Waals surface area contributed by atoms with E-state index in [1.807, 2.05) is 11.8 Å². The van der Waals surface area contributed by atoms with Crippen molar-refractivity contribution in [1.29, 1.82) is 0 Å². The van der Waals surface area contributed by atoms with Crippen LogP contribution in [-0.2, 0) is 11.2 Å². The van der Waals surface area contributed by atoms with Crippen LogP contribution in [0.5, 0.6) is 0 Å². The molecule has 0 aliphatic carbocycles. The Balaban J connectivity index is 1.60. The van der Waals surface area contributed by atoms with E-state index in [9.17, 15) is 4.79 Å². The van der Waals surface area contributed by atoms with E-state index in [1.54, 1.807) is 13.0 Å². The molecule has 3 rings (SSSR count). The number of aromatic nitrogens is 3. The molecule has 0 aromatic carbocycles. The third-order valence-electron chi connectivity index (χ3n) is 3.44. The quantitative estimate of drug-likeness (QED) is 0.838. The van der Waals surface area contributed by atoms with Crippen LogP contribution in [0, 0.1) is 13.8 Å². The van der Waals surface area contributed by atoms with Crippen LogP contribution in [0.1, 0.15) is 35.5 Å². The summed E-state index contributed by atoms with van der Waals surface area (Å²) in [7, 11) is 0. The predicted octanol–water partition coefficient (Wildman–Crippen LogP) is 1.23. The SMILES string of the molecule is Cc1cc(CC(=O)N2CC[C@H](c3nc(C)no3)C2)on1. The van der Waals surface area contributed by atoms with Gasteiger partial charge in [0.15, 0.2) is 5.82 Å². The average molecular weight is 276 g/mol. The van der Waals surface area contributed by atoms with E-state index >= 15 is 0 Å². The lowest BCUT2D eigenvalue weighted by atomic mass is 10.1. The van der Waals surface area contributed by atoms with Crippen LogP contribution in [0.15, 0.2) is 15.1 Å². The lowest BCUT2D eigenvalue weighted by Crippen LogP contribution is -2.29. The molecule has 1 saturated heterocycles. The van der Waals surface area contributed by atoms with Gasteiger partial charge in [-0.1, -0.05) is 10.3 Å². The molecule has 0 N–H and O–H groups in total. The number of hydrogen-bond acceptors (Lipinski definition) is 6. The van der Waals surface area contributed by atoms with Crippen molar-refractivity contribution in [3.63, 3.8) is 0 Å². The molecule has 1 aliphatic rings. The number of amides is 1. The molecule has 1 aliphatic heterocycles. The van der Waals surface area contributed by atoms with Gasteiger partial charge in [-0.3, -0.25) is 4.79 Å². The summed E-state index contributed by atoms with van der Waals surface area (Å²) >= 11 is 0. The van der Waals surface area contributed by atoms with Crippen LogP contribution in [0.4, 0.5) is 0 Å². The molecule has 20 heavy (non-hydrogen) atoms. The van der Waals surface area contributed by atoms with Crippen LogP contribution in [-0.4, -0.2) is 39.2 Å². The summed E-state index contributed by atoms with van der Waals surface area (Å²) in [6.45, 7) is 4.95. The lowest BCUT2D eigenvalue weighted by molar-refractivity contribution is -0.129. The number of rotatable bonds is 3. The van der Waals surface area contributed by atoms with Crippen LogP contribution in [0.2, 0.25) is 0 Å². The molecule has 0 saturated carbocycles. The van der Waals surface area contributed by atoms with E-state index in [4.69, 9.17) is 9.05 Å². The number of aryl methyl sites for hydroxylation is 2. The molecule has 0 unspecified atom stereocenters. The fraction of sp³-hybridized carbons (Fsp3) is 0.538. The molecule has 2 aromatic rings. The first-order valence-corrected chi connectivity index (χ1v) is 6.62. The first-order chi connectivity index (χ1) is 9.61. The van der Waals surface area contributed by atoms with Gasteiger partial charge in [0.2, 0.25) is 11.8 Å². The zero-order valence-electron chi connectivity index (χ0n) is 11.5. The monoisotopic (exact) mass is 276 g/mol. The van der Waals surface area contributed by atoms with Gasteiger partial charge in [-0.2, -0.15) is 4.98 Å². The molecule has 0 radical (unpaired) electrons. The summed E-state index contributed by atoms with van der Waals surface area (Å²) in [5.41, 5.74) is 0.786. The molecule has 7 nitrogen and oxygen atoms in total. The summed E-state index contributed by atoms with van der Waals surface area (Å²) < 4.78 is 10.2. The number of carbonyl (C=O) groups is 1. The third kappa shape index (κ3) is 2.56. The molecular formula is C13H16N4O3. The third-order valence-corrected chi connectivity index (χ3v) is 3.44. The molecule has 7 heteroatoms. The Bertz CT molecular complexity index is 619. The normalized spacial score (nSPS) is 18.7. The second kappa shape index (κ2) is 5.07. The average Bonchev–Trinajstić information content (AvgIpc) is 3.10. The van der Waals surface area contributed by atoms with Crippen LogP contribution >= 0.6 is 0 Å². The molecule has 1 amide bonds. The number of carbonyl (C=O) groups excluding carboxylic acids is 1. The topological polar surface area (TPSA) is 85.3 Å². The van der Waals surface area contributed by atoms with Crippen molar-refractivity contribution in [1.82, 2.24) is 20.2 Å². The number of hydrogen-bond donors (Lipinski definition) is 0. The van der Waals surface area contributed by atoms with Crippen molar-refractivity contribution in [2.45, 2.75) is 32.6 Å². The van der Waals surface area contributed by atoms with Crippen molar-refractivity contribution < 1.29 is 13.8 Å². The van der Waals surface area contributed by atoms with Gasteiger partial charge in [-0.25, -0.2) is 0 Å². The molecule has 0 bridgehead atoms. The minimum atomic E-state index is 0.0416. The highest BCUT2D eigenvalue weighted by atomic mass is 16.5. The lowest BCUT2D eigenvalue weighted by Gasteiger charge is -2.14. The molecule has 3 heterocycles. The summed E-state index contributed by atoms with van der Waals surface area (Å²) in [6.07, 6.45) is 1.10. The minimum absolute atomic E-state index is 0.0416. The maximum absolute atomic E-state index is 12.2. The van der Waals surface area contributed by atoms with E-state index < -0.39 is 0 Å². The van der Waals surface area contributed by atoms with E-state index in [1.165, 1.54) is 0 Å². The first kappa shape index (κ1) is 12.8. The highest BCUT2D eigenvalue weighted by Crippen LogP contribution is 2.26. The van der Waals surface area contributed by atoms with E-state index in [0.717, 1.165) is 12.1 Å². The Morgan fingerprint density at radius 1 is 1.40 bits per heavy atom.